The highest BCUT2D eigenvalue weighted by atomic mass is 16.2. The monoisotopic (exact) mass is 173 g/mol. The summed E-state index contributed by atoms with van der Waals surface area (Å²) in [7, 11) is 0. The van der Waals surface area contributed by atoms with E-state index in [0.717, 1.165) is 25.9 Å². The van der Waals surface area contributed by atoms with Crippen LogP contribution in [0.25, 0.3) is 0 Å². The van der Waals surface area contributed by atoms with Crippen LogP contribution in [0, 0.1) is 0 Å². The second-order valence-electron chi connectivity index (χ2n) is 2.76. The van der Waals surface area contributed by atoms with Gasteiger partial charge in [-0.1, -0.05) is 6.92 Å². The first-order valence-corrected chi connectivity index (χ1v) is 4.64. The third-order valence-electron chi connectivity index (χ3n) is 1.87. The third kappa shape index (κ3) is 4.34. The highest BCUT2D eigenvalue weighted by Crippen LogP contribution is 1.97. The molecule has 0 aliphatic carbocycles. The quantitative estimate of drug-likeness (QED) is 0.609. The lowest BCUT2D eigenvalue weighted by molar-refractivity contribution is -0.130. The summed E-state index contributed by atoms with van der Waals surface area (Å²) in [6, 6.07) is 0. The number of unbranched alkanes of at least 4 members (excludes halogenated alkanes) is 1. The largest absolute Gasteiger partial charge is 0.396 e. The molecule has 1 N–H and O–H groups in total. The van der Waals surface area contributed by atoms with E-state index >= 15 is 0 Å². The fourth-order valence-corrected chi connectivity index (χ4v) is 1.10. The highest BCUT2D eigenvalue weighted by molar-refractivity contribution is 5.75. The van der Waals surface area contributed by atoms with E-state index in [4.69, 9.17) is 5.11 Å². The first-order valence-electron chi connectivity index (χ1n) is 4.64. The van der Waals surface area contributed by atoms with Crippen molar-refractivity contribution in [3.05, 3.63) is 0 Å². The first kappa shape index (κ1) is 11.4. The van der Waals surface area contributed by atoms with Gasteiger partial charge in [0.1, 0.15) is 0 Å². The van der Waals surface area contributed by atoms with E-state index in [-0.39, 0.29) is 12.5 Å². The predicted octanol–water partition coefficient (Wildman–Crippen LogP) is 1.02. The van der Waals surface area contributed by atoms with E-state index < -0.39 is 0 Å². The molecule has 72 valence electrons. The Labute approximate surface area is 74.4 Å². The SMILES string of the molecule is CCC(=O)N(CC)CCCCO. The van der Waals surface area contributed by atoms with Crippen molar-refractivity contribution in [3.8, 4) is 0 Å². The van der Waals surface area contributed by atoms with E-state index in [1.54, 1.807) is 0 Å². The van der Waals surface area contributed by atoms with Crippen molar-refractivity contribution in [2.24, 2.45) is 0 Å². The van der Waals surface area contributed by atoms with Crippen molar-refractivity contribution in [2.75, 3.05) is 19.7 Å². The van der Waals surface area contributed by atoms with Crippen LogP contribution in [0.1, 0.15) is 33.1 Å². The van der Waals surface area contributed by atoms with E-state index in [1.807, 2.05) is 18.7 Å². The van der Waals surface area contributed by atoms with Crippen molar-refractivity contribution in [3.63, 3.8) is 0 Å². The van der Waals surface area contributed by atoms with Gasteiger partial charge in [0.05, 0.1) is 0 Å². The maximum absolute atomic E-state index is 11.2. The molecule has 0 saturated heterocycles. The Balaban J connectivity index is 3.60. The standard InChI is InChI=1S/C9H19NO2/c1-3-9(12)10(4-2)7-5-6-8-11/h11H,3-8H2,1-2H3. The zero-order valence-electron chi connectivity index (χ0n) is 8.05. The van der Waals surface area contributed by atoms with Gasteiger partial charge >= 0.3 is 0 Å². The molecule has 0 aliphatic heterocycles. The molecule has 0 fully saturated rings. The number of carbonyl (C=O) groups is 1. The summed E-state index contributed by atoms with van der Waals surface area (Å²) in [4.78, 5) is 13.0. The zero-order chi connectivity index (χ0) is 9.40. The minimum Gasteiger partial charge on any atom is -0.396 e. The smallest absolute Gasteiger partial charge is 0.222 e. The molecule has 0 spiro atoms. The molecule has 3 nitrogen and oxygen atoms in total. The summed E-state index contributed by atoms with van der Waals surface area (Å²) in [5.41, 5.74) is 0. The molecule has 0 aromatic heterocycles. The van der Waals surface area contributed by atoms with Gasteiger partial charge in [0.2, 0.25) is 5.91 Å². The van der Waals surface area contributed by atoms with Gasteiger partial charge in [-0.2, -0.15) is 0 Å². The molecule has 0 saturated carbocycles. The number of aliphatic hydroxyl groups is 1. The summed E-state index contributed by atoms with van der Waals surface area (Å²) in [5, 5.41) is 8.54. The van der Waals surface area contributed by atoms with Crippen LogP contribution in [0.3, 0.4) is 0 Å². The lowest BCUT2D eigenvalue weighted by Gasteiger charge is -2.19. The van der Waals surface area contributed by atoms with Crippen LogP contribution in [0.2, 0.25) is 0 Å². The molecule has 0 aromatic carbocycles. The van der Waals surface area contributed by atoms with Gasteiger partial charge < -0.3 is 10.0 Å². The van der Waals surface area contributed by atoms with Gasteiger partial charge in [-0.25, -0.2) is 0 Å². The van der Waals surface area contributed by atoms with E-state index in [1.165, 1.54) is 0 Å². The summed E-state index contributed by atoms with van der Waals surface area (Å²) < 4.78 is 0. The molecule has 0 heterocycles. The molecule has 0 aromatic rings. The van der Waals surface area contributed by atoms with Gasteiger partial charge in [0.25, 0.3) is 0 Å². The first-order chi connectivity index (χ1) is 5.76. The van der Waals surface area contributed by atoms with Gasteiger partial charge in [-0.3, -0.25) is 4.79 Å². The van der Waals surface area contributed by atoms with E-state index in [2.05, 4.69) is 0 Å². The second kappa shape index (κ2) is 7.10. The van der Waals surface area contributed by atoms with Gasteiger partial charge in [0, 0.05) is 26.1 Å². The number of hydrogen-bond donors (Lipinski definition) is 1. The lowest BCUT2D eigenvalue weighted by atomic mass is 10.3. The predicted molar refractivity (Wildman–Crippen MR) is 48.9 cm³/mol. The normalized spacial score (nSPS) is 9.92. The van der Waals surface area contributed by atoms with Crippen LogP contribution >= 0.6 is 0 Å². The number of aliphatic hydroxyl groups excluding tert-OH is 1. The van der Waals surface area contributed by atoms with Crippen molar-refractivity contribution in [1.29, 1.82) is 0 Å². The number of nitrogens with zero attached hydrogens (tertiary/aromatic N) is 1. The maximum atomic E-state index is 11.2. The maximum Gasteiger partial charge on any atom is 0.222 e. The molecule has 0 unspecified atom stereocenters. The molecule has 12 heavy (non-hydrogen) atoms. The Kier molecular flexibility index (Phi) is 6.76. The average Bonchev–Trinajstić information content (AvgIpc) is 2.11. The molecular weight excluding hydrogens is 154 g/mol. The lowest BCUT2D eigenvalue weighted by Crippen LogP contribution is -2.31. The van der Waals surface area contributed by atoms with Crippen molar-refractivity contribution >= 4 is 5.91 Å². The molecule has 0 aliphatic rings. The topological polar surface area (TPSA) is 40.5 Å². The van der Waals surface area contributed by atoms with Crippen LogP contribution < -0.4 is 0 Å². The number of carbonyl (C=O) groups excluding carboxylic acids is 1. The van der Waals surface area contributed by atoms with Crippen molar-refractivity contribution < 1.29 is 9.90 Å². The third-order valence-corrected chi connectivity index (χ3v) is 1.87. The Morgan fingerprint density at radius 3 is 2.42 bits per heavy atom. The fraction of sp³-hybridized carbons (Fsp3) is 0.889. The minimum atomic E-state index is 0.204. The Bertz CT molecular complexity index is 126. The molecule has 3 heteroatoms. The van der Waals surface area contributed by atoms with E-state index in [0.29, 0.717) is 6.42 Å². The molecule has 0 radical (unpaired) electrons. The highest BCUT2D eigenvalue weighted by Gasteiger charge is 2.07. The van der Waals surface area contributed by atoms with Crippen LogP contribution in [0.4, 0.5) is 0 Å². The molecule has 0 atom stereocenters. The van der Waals surface area contributed by atoms with Gasteiger partial charge in [-0.15, -0.1) is 0 Å². The Morgan fingerprint density at radius 2 is 2.00 bits per heavy atom. The van der Waals surface area contributed by atoms with Crippen molar-refractivity contribution in [1.82, 2.24) is 4.90 Å². The van der Waals surface area contributed by atoms with Crippen molar-refractivity contribution in [2.45, 2.75) is 33.1 Å². The minimum absolute atomic E-state index is 0.204. The summed E-state index contributed by atoms with van der Waals surface area (Å²) in [6.07, 6.45) is 2.26. The summed E-state index contributed by atoms with van der Waals surface area (Å²) >= 11 is 0. The average molecular weight is 173 g/mol. The summed E-state index contributed by atoms with van der Waals surface area (Å²) in [5.74, 6) is 0.204. The van der Waals surface area contributed by atoms with Crippen LogP contribution in [-0.4, -0.2) is 35.6 Å². The van der Waals surface area contributed by atoms with Gasteiger partial charge in [0.15, 0.2) is 0 Å². The van der Waals surface area contributed by atoms with E-state index in [9.17, 15) is 4.79 Å². The fourth-order valence-electron chi connectivity index (χ4n) is 1.10. The van der Waals surface area contributed by atoms with Crippen LogP contribution in [0.5, 0.6) is 0 Å². The van der Waals surface area contributed by atoms with Crippen LogP contribution in [-0.2, 0) is 4.79 Å². The molecule has 0 bridgehead atoms. The van der Waals surface area contributed by atoms with Crippen LogP contribution in [0.15, 0.2) is 0 Å². The zero-order valence-corrected chi connectivity index (χ0v) is 8.05. The number of rotatable bonds is 6. The molecule has 1 amide bonds. The van der Waals surface area contributed by atoms with Gasteiger partial charge in [-0.05, 0) is 19.8 Å². The Morgan fingerprint density at radius 1 is 1.33 bits per heavy atom. The second-order valence-corrected chi connectivity index (χ2v) is 2.76. The summed E-state index contributed by atoms with van der Waals surface area (Å²) in [6.45, 7) is 5.63. The Hall–Kier alpha value is -0.570. The molecular formula is C9H19NO2. The molecule has 0 rings (SSSR count). The number of hydrogen-bond acceptors (Lipinski definition) is 2. The number of amides is 1.